The molecule has 0 fully saturated rings. The molecule has 0 spiro atoms. The summed E-state index contributed by atoms with van der Waals surface area (Å²) >= 11 is 0. The normalized spacial score (nSPS) is 12.7. The van der Waals surface area contributed by atoms with Gasteiger partial charge in [-0.3, -0.25) is 0 Å². The maximum absolute atomic E-state index is 9.39. The lowest BCUT2D eigenvalue weighted by Gasteiger charge is -2.09. The number of nitrogens with zero attached hydrogens (tertiary/aromatic N) is 2. The highest BCUT2D eigenvalue weighted by atomic mass is 16.7. The van der Waals surface area contributed by atoms with Gasteiger partial charge >= 0.3 is 0 Å². The van der Waals surface area contributed by atoms with Crippen molar-refractivity contribution in [3.05, 3.63) is 29.4 Å². The van der Waals surface area contributed by atoms with Gasteiger partial charge in [-0.2, -0.15) is 4.98 Å². The van der Waals surface area contributed by atoms with Crippen LogP contribution in [-0.4, -0.2) is 22.0 Å². The van der Waals surface area contributed by atoms with Gasteiger partial charge in [0.15, 0.2) is 18.1 Å². The van der Waals surface area contributed by atoms with Crippen molar-refractivity contribution < 1.29 is 23.8 Å². The van der Waals surface area contributed by atoms with Crippen LogP contribution in [0.25, 0.3) is 0 Å². The minimum absolute atomic E-state index is 0.153. The smallest absolute Gasteiger partial charge is 0.231 e. The van der Waals surface area contributed by atoms with Crippen molar-refractivity contribution in [1.82, 2.24) is 10.1 Å². The van der Waals surface area contributed by atoms with E-state index in [1.807, 2.05) is 6.92 Å². The van der Waals surface area contributed by atoms with E-state index < -0.39 is 0 Å². The zero-order valence-corrected chi connectivity index (χ0v) is 11.7. The Morgan fingerprint density at radius 1 is 1.29 bits per heavy atom. The first kappa shape index (κ1) is 13.7. The summed E-state index contributed by atoms with van der Waals surface area (Å²) in [6, 6.07) is 3.40. The number of benzene rings is 1. The third-order valence-electron chi connectivity index (χ3n) is 3.06. The monoisotopic (exact) mass is 292 g/mol. The first-order valence-corrected chi connectivity index (χ1v) is 6.77. The minimum Gasteiger partial charge on any atom is -0.485 e. The van der Waals surface area contributed by atoms with Gasteiger partial charge in [-0.25, -0.2) is 0 Å². The van der Waals surface area contributed by atoms with E-state index in [1.165, 1.54) is 0 Å². The van der Waals surface area contributed by atoms with Crippen LogP contribution in [-0.2, 0) is 19.6 Å². The highest BCUT2D eigenvalue weighted by Crippen LogP contribution is 2.38. The van der Waals surface area contributed by atoms with E-state index in [0.29, 0.717) is 34.5 Å². The van der Waals surface area contributed by atoms with Crippen LogP contribution in [0.1, 0.15) is 30.6 Å². The fourth-order valence-electron chi connectivity index (χ4n) is 2.03. The fourth-order valence-corrected chi connectivity index (χ4v) is 2.03. The molecule has 0 unspecified atom stereocenters. The van der Waals surface area contributed by atoms with Gasteiger partial charge in [-0.1, -0.05) is 12.1 Å². The van der Waals surface area contributed by atoms with Crippen molar-refractivity contribution in [3.8, 4) is 17.2 Å². The Morgan fingerprint density at radius 3 is 2.86 bits per heavy atom. The van der Waals surface area contributed by atoms with Gasteiger partial charge < -0.3 is 23.8 Å². The number of ether oxygens (including phenoxy) is 3. The molecule has 2 aromatic rings. The molecule has 0 saturated carbocycles. The zero-order valence-electron chi connectivity index (χ0n) is 11.7. The first-order chi connectivity index (χ1) is 10.3. The molecule has 112 valence electrons. The molecule has 0 radical (unpaired) electrons. The zero-order chi connectivity index (χ0) is 14.7. The van der Waals surface area contributed by atoms with Crippen LogP contribution >= 0.6 is 0 Å². The van der Waals surface area contributed by atoms with Gasteiger partial charge in [0.2, 0.25) is 18.5 Å². The Kier molecular flexibility index (Phi) is 3.92. The van der Waals surface area contributed by atoms with Gasteiger partial charge in [0.25, 0.3) is 0 Å². The summed E-state index contributed by atoms with van der Waals surface area (Å²) in [5.74, 6) is 2.80. The lowest BCUT2D eigenvalue weighted by Crippen LogP contribution is -2.01. The molecule has 2 heterocycles. The number of hydrogen-bond donors (Lipinski definition) is 1. The predicted octanol–water partition coefficient (Wildman–Crippen LogP) is 1.82. The summed E-state index contributed by atoms with van der Waals surface area (Å²) in [4.78, 5) is 4.22. The quantitative estimate of drug-likeness (QED) is 0.868. The van der Waals surface area contributed by atoms with Crippen LogP contribution in [0.3, 0.4) is 0 Å². The summed E-state index contributed by atoms with van der Waals surface area (Å²) in [5.41, 5.74) is 0.622. The van der Waals surface area contributed by atoms with Gasteiger partial charge in [0, 0.05) is 18.1 Å². The number of aliphatic hydroxyl groups is 1. The molecule has 0 amide bonds. The van der Waals surface area contributed by atoms with Gasteiger partial charge in [-0.15, -0.1) is 0 Å². The molecule has 7 heteroatoms. The third-order valence-corrected chi connectivity index (χ3v) is 3.06. The Morgan fingerprint density at radius 2 is 2.10 bits per heavy atom. The number of aryl methyl sites for hydroxylation is 1. The SMILES string of the molecule is CCCc1nc(COc2cc3c(cc2CO)OCO3)no1. The number of fused-ring (bicyclic) bond motifs is 1. The second-order valence-electron chi connectivity index (χ2n) is 4.61. The summed E-state index contributed by atoms with van der Waals surface area (Å²) < 4.78 is 21.3. The van der Waals surface area contributed by atoms with Crippen LogP contribution < -0.4 is 14.2 Å². The van der Waals surface area contributed by atoms with Crippen LogP contribution in [0, 0.1) is 0 Å². The molecule has 0 atom stereocenters. The fraction of sp³-hybridized carbons (Fsp3) is 0.429. The summed E-state index contributed by atoms with van der Waals surface area (Å²) in [6.07, 6.45) is 1.69. The van der Waals surface area contributed by atoms with Crippen molar-refractivity contribution in [2.75, 3.05) is 6.79 Å². The second kappa shape index (κ2) is 6.01. The standard InChI is InChI=1S/C14H16N2O5/c1-2-3-14-15-13(16-21-14)7-18-10-5-12-11(19-8-20-12)4-9(10)6-17/h4-5,17H,2-3,6-8H2,1H3. The molecule has 0 saturated heterocycles. The Hall–Kier alpha value is -2.28. The largest absolute Gasteiger partial charge is 0.485 e. The molecule has 0 bridgehead atoms. The lowest BCUT2D eigenvalue weighted by molar-refractivity contribution is 0.173. The highest BCUT2D eigenvalue weighted by Gasteiger charge is 2.18. The number of aliphatic hydroxyl groups excluding tert-OH is 1. The van der Waals surface area contributed by atoms with Crippen LogP contribution in [0.4, 0.5) is 0 Å². The van der Waals surface area contributed by atoms with Gasteiger partial charge in [-0.05, 0) is 12.5 Å². The van der Waals surface area contributed by atoms with Crippen molar-refractivity contribution in [1.29, 1.82) is 0 Å². The van der Waals surface area contributed by atoms with Gasteiger partial charge in [0.05, 0.1) is 6.61 Å². The van der Waals surface area contributed by atoms with Crippen molar-refractivity contribution >= 4 is 0 Å². The predicted molar refractivity (Wildman–Crippen MR) is 71.1 cm³/mol. The molecule has 1 aromatic heterocycles. The Labute approximate surface area is 121 Å². The van der Waals surface area contributed by atoms with Crippen LogP contribution in [0.15, 0.2) is 16.7 Å². The number of hydrogen-bond acceptors (Lipinski definition) is 7. The van der Waals surface area contributed by atoms with E-state index in [2.05, 4.69) is 10.1 Å². The summed E-state index contributed by atoms with van der Waals surface area (Å²) in [7, 11) is 0. The van der Waals surface area contributed by atoms with Crippen molar-refractivity contribution in [2.45, 2.75) is 33.0 Å². The lowest BCUT2D eigenvalue weighted by atomic mass is 10.2. The Balaban J connectivity index is 1.72. The molecule has 3 rings (SSSR count). The van der Waals surface area contributed by atoms with E-state index in [0.717, 1.165) is 12.8 Å². The van der Waals surface area contributed by atoms with Crippen LogP contribution in [0.2, 0.25) is 0 Å². The molecular formula is C14H16N2O5. The maximum atomic E-state index is 9.39. The van der Waals surface area contributed by atoms with Crippen LogP contribution in [0.5, 0.6) is 17.2 Å². The average molecular weight is 292 g/mol. The molecule has 1 aliphatic heterocycles. The molecule has 7 nitrogen and oxygen atoms in total. The Bertz CT molecular complexity index is 626. The minimum atomic E-state index is -0.153. The molecule has 1 aromatic carbocycles. The van der Waals surface area contributed by atoms with E-state index in [4.69, 9.17) is 18.7 Å². The molecule has 1 aliphatic rings. The number of rotatable bonds is 6. The van der Waals surface area contributed by atoms with Crippen molar-refractivity contribution in [3.63, 3.8) is 0 Å². The van der Waals surface area contributed by atoms with E-state index in [9.17, 15) is 5.11 Å². The summed E-state index contributed by atoms with van der Waals surface area (Å²) in [5, 5.41) is 13.2. The molecular weight excluding hydrogens is 276 g/mol. The first-order valence-electron chi connectivity index (χ1n) is 6.77. The van der Waals surface area contributed by atoms with E-state index in [-0.39, 0.29) is 20.0 Å². The number of aromatic nitrogens is 2. The highest BCUT2D eigenvalue weighted by molar-refractivity contribution is 5.51. The average Bonchev–Trinajstić information content (AvgIpc) is 3.12. The topological polar surface area (TPSA) is 86.8 Å². The summed E-state index contributed by atoms with van der Waals surface area (Å²) in [6.45, 7) is 2.23. The van der Waals surface area contributed by atoms with Gasteiger partial charge in [0.1, 0.15) is 5.75 Å². The van der Waals surface area contributed by atoms with Crippen molar-refractivity contribution in [2.24, 2.45) is 0 Å². The maximum Gasteiger partial charge on any atom is 0.231 e. The molecule has 0 aliphatic carbocycles. The molecule has 21 heavy (non-hydrogen) atoms. The second-order valence-corrected chi connectivity index (χ2v) is 4.61. The van der Waals surface area contributed by atoms with E-state index in [1.54, 1.807) is 12.1 Å². The third kappa shape index (κ3) is 2.92. The molecule has 1 N–H and O–H groups in total. The van der Waals surface area contributed by atoms with E-state index >= 15 is 0 Å².